The van der Waals surface area contributed by atoms with Crippen molar-refractivity contribution in [2.45, 2.75) is 32.2 Å². The Morgan fingerprint density at radius 1 is 1.17 bits per heavy atom. The molecule has 4 amide bonds. The van der Waals surface area contributed by atoms with Gasteiger partial charge in [-0.05, 0) is 71.7 Å². The number of hydrogen-bond acceptors (Lipinski definition) is 9. The largest absolute Gasteiger partial charge is 0.453 e. The lowest BCUT2D eigenvalue weighted by Crippen LogP contribution is -2.39. The predicted molar refractivity (Wildman–Crippen MR) is 168 cm³/mol. The van der Waals surface area contributed by atoms with Gasteiger partial charge in [-0.3, -0.25) is 19.7 Å². The molecule has 2 bridgehead atoms. The van der Waals surface area contributed by atoms with E-state index in [1.807, 2.05) is 0 Å². The molecule has 2 unspecified atom stereocenters. The molecular weight excluding hydrogens is 616 g/mol. The Kier molecular flexibility index (Phi) is 9.71. The van der Waals surface area contributed by atoms with Crippen LogP contribution >= 0.6 is 11.6 Å². The summed E-state index contributed by atoms with van der Waals surface area (Å²) in [5.74, 6) is -2.77. The third-order valence-electron chi connectivity index (χ3n) is 7.55. The van der Waals surface area contributed by atoms with Crippen molar-refractivity contribution < 1.29 is 23.9 Å². The van der Waals surface area contributed by atoms with E-state index < -0.39 is 41.7 Å². The van der Waals surface area contributed by atoms with Gasteiger partial charge in [0.1, 0.15) is 18.1 Å². The lowest BCUT2D eigenvalue weighted by atomic mass is 9.87. The molecule has 5 rings (SSSR count). The first-order valence-electron chi connectivity index (χ1n) is 14.3. The number of rotatable bonds is 6. The molecule has 0 saturated heterocycles. The molecule has 46 heavy (non-hydrogen) atoms. The molecule has 0 aliphatic carbocycles. The van der Waals surface area contributed by atoms with Crippen LogP contribution in [0, 0.1) is 11.8 Å². The summed E-state index contributed by atoms with van der Waals surface area (Å²) in [6, 6.07) is 9.41. The number of ether oxygens (including phenoxy) is 1. The van der Waals surface area contributed by atoms with E-state index in [1.165, 1.54) is 30.3 Å². The van der Waals surface area contributed by atoms with E-state index in [0.29, 0.717) is 64.0 Å². The SMILES string of the molecule is COC(=O)Nc1ccc2c(c1)NC(=O)C(C(N)=O)C(C)CCC[C@H](NC(=O)/C=C/c1cc(Cl)ccc1-n1cnnn1)c1ncc-2[nH]1. The van der Waals surface area contributed by atoms with Crippen LogP contribution in [-0.4, -0.2) is 61.1 Å². The van der Waals surface area contributed by atoms with Gasteiger partial charge in [-0.1, -0.05) is 24.9 Å². The Labute approximate surface area is 267 Å². The topological polar surface area (TPSA) is 212 Å². The van der Waals surface area contributed by atoms with Gasteiger partial charge in [0.15, 0.2) is 0 Å². The number of tetrazole rings is 1. The van der Waals surface area contributed by atoms with Crippen LogP contribution in [0.3, 0.4) is 0 Å². The third-order valence-corrected chi connectivity index (χ3v) is 7.79. The van der Waals surface area contributed by atoms with Crippen LogP contribution in [0.4, 0.5) is 16.2 Å². The highest BCUT2D eigenvalue weighted by molar-refractivity contribution is 6.30. The number of halogens is 1. The number of nitrogens with one attached hydrogen (secondary N) is 4. The molecule has 2 aromatic carbocycles. The number of amides is 4. The second kappa shape index (κ2) is 14.0. The molecule has 1 aliphatic heterocycles. The van der Waals surface area contributed by atoms with Gasteiger partial charge in [0.05, 0.1) is 36.4 Å². The molecule has 0 radical (unpaired) electrons. The molecule has 4 aromatic rings. The fourth-order valence-electron chi connectivity index (χ4n) is 5.27. The summed E-state index contributed by atoms with van der Waals surface area (Å²) in [7, 11) is 1.23. The minimum Gasteiger partial charge on any atom is -0.453 e. The summed E-state index contributed by atoms with van der Waals surface area (Å²) >= 11 is 6.21. The number of nitrogens with zero attached hydrogens (tertiary/aromatic N) is 5. The number of hydrogen-bond donors (Lipinski definition) is 5. The van der Waals surface area contributed by atoms with E-state index in [1.54, 1.807) is 49.5 Å². The molecule has 0 saturated carbocycles. The van der Waals surface area contributed by atoms with Crippen LogP contribution in [0.5, 0.6) is 0 Å². The summed E-state index contributed by atoms with van der Waals surface area (Å²) in [4.78, 5) is 58.7. The van der Waals surface area contributed by atoms with Crippen molar-refractivity contribution in [2.24, 2.45) is 17.6 Å². The van der Waals surface area contributed by atoms with Crippen molar-refractivity contribution in [1.29, 1.82) is 0 Å². The normalized spacial score (nSPS) is 18.3. The molecule has 3 heterocycles. The standard InChI is InChI=1S/C30H31ClN10O5/c1-16-4-3-5-21(36-25(42)11-6-17-12-18(31)7-10-24(17)41-15-34-39-40-41)28-33-14-23(37-28)20-9-8-19(35-30(45)46-2)13-22(20)38-29(44)26(16)27(32)43/h6-16,21,26H,3-5H2,1-2H3,(H2,32,43)(H,33,37)(H,35,45)(H,36,42)(H,38,44)/b11-6+/t16?,21-,26?/m0/s1. The number of aromatic amines is 1. The number of carbonyl (C=O) groups is 4. The van der Waals surface area contributed by atoms with E-state index in [9.17, 15) is 19.2 Å². The fraction of sp³-hybridized carbons (Fsp3) is 0.267. The monoisotopic (exact) mass is 646 g/mol. The van der Waals surface area contributed by atoms with Crippen LogP contribution in [-0.2, 0) is 19.1 Å². The molecule has 15 nitrogen and oxygen atoms in total. The van der Waals surface area contributed by atoms with E-state index >= 15 is 0 Å². The van der Waals surface area contributed by atoms with Crippen LogP contribution in [0.25, 0.3) is 23.0 Å². The summed E-state index contributed by atoms with van der Waals surface area (Å²) < 4.78 is 6.13. The van der Waals surface area contributed by atoms with E-state index in [2.05, 4.69) is 46.2 Å². The van der Waals surface area contributed by atoms with Crippen molar-refractivity contribution in [3.05, 3.63) is 71.4 Å². The van der Waals surface area contributed by atoms with Crippen molar-refractivity contribution in [1.82, 2.24) is 35.5 Å². The zero-order valence-corrected chi connectivity index (χ0v) is 25.6. The van der Waals surface area contributed by atoms with Crippen LogP contribution in [0.2, 0.25) is 5.02 Å². The molecule has 3 atom stereocenters. The zero-order chi connectivity index (χ0) is 32.8. The minimum atomic E-state index is -1.12. The molecule has 238 valence electrons. The molecule has 0 spiro atoms. The fourth-order valence-corrected chi connectivity index (χ4v) is 5.45. The summed E-state index contributed by atoms with van der Waals surface area (Å²) in [6.07, 6.45) is 6.76. The van der Waals surface area contributed by atoms with Gasteiger partial charge >= 0.3 is 6.09 Å². The third kappa shape index (κ3) is 7.38. The molecule has 0 fully saturated rings. The maximum atomic E-state index is 13.4. The smallest absolute Gasteiger partial charge is 0.411 e. The molecule has 2 aromatic heterocycles. The van der Waals surface area contributed by atoms with Crippen molar-refractivity contribution in [3.63, 3.8) is 0 Å². The Balaban J connectivity index is 1.45. The van der Waals surface area contributed by atoms with Crippen LogP contribution in [0.15, 0.2) is 55.0 Å². The highest BCUT2D eigenvalue weighted by atomic mass is 35.5. The Hall–Kier alpha value is -5.57. The summed E-state index contributed by atoms with van der Waals surface area (Å²) in [6.45, 7) is 1.78. The number of anilines is 2. The number of nitrogens with two attached hydrogens (primary N) is 1. The summed E-state index contributed by atoms with van der Waals surface area (Å²) in [5, 5.41) is 20.1. The van der Waals surface area contributed by atoms with Crippen molar-refractivity contribution >= 4 is 52.9 Å². The average molecular weight is 647 g/mol. The average Bonchev–Trinajstić information content (AvgIpc) is 3.73. The molecule has 6 N–H and O–H groups in total. The van der Waals surface area contributed by atoms with Gasteiger partial charge < -0.3 is 26.1 Å². The number of fused-ring (bicyclic) bond motifs is 4. The number of benzene rings is 2. The quantitative estimate of drug-likeness (QED) is 0.153. The van der Waals surface area contributed by atoms with E-state index in [0.717, 1.165) is 0 Å². The zero-order valence-electron chi connectivity index (χ0n) is 24.9. The van der Waals surface area contributed by atoms with E-state index in [4.69, 9.17) is 17.3 Å². The van der Waals surface area contributed by atoms with Gasteiger partial charge in [-0.25, -0.2) is 9.78 Å². The first-order valence-corrected chi connectivity index (χ1v) is 14.7. The van der Waals surface area contributed by atoms with Crippen molar-refractivity contribution in [3.8, 4) is 16.9 Å². The second-order valence-corrected chi connectivity index (χ2v) is 11.1. The number of aromatic nitrogens is 6. The summed E-state index contributed by atoms with van der Waals surface area (Å²) in [5.41, 5.74) is 8.62. The Morgan fingerprint density at radius 2 is 2.00 bits per heavy atom. The number of imidazole rings is 1. The van der Waals surface area contributed by atoms with Gasteiger partial charge in [-0.15, -0.1) is 5.10 Å². The highest BCUT2D eigenvalue weighted by Crippen LogP contribution is 2.33. The van der Waals surface area contributed by atoms with Crippen molar-refractivity contribution in [2.75, 3.05) is 17.7 Å². The lowest BCUT2D eigenvalue weighted by Gasteiger charge is -2.22. The van der Waals surface area contributed by atoms with E-state index in [-0.39, 0.29) is 0 Å². The predicted octanol–water partition coefficient (Wildman–Crippen LogP) is 3.61. The highest BCUT2D eigenvalue weighted by Gasteiger charge is 2.32. The maximum absolute atomic E-state index is 13.4. The Bertz CT molecular complexity index is 1790. The number of carbonyl (C=O) groups excluding carboxylic acids is 4. The van der Waals surface area contributed by atoms with Gasteiger partial charge in [0.25, 0.3) is 0 Å². The lowest BCUT2D eigenvalue weighted by molar-refractivity contribution is -0.132. The second-order valence-electron chi connectivity index (χ2n) is 10.7. The van der Waals surface area contributed by atoms with Gasteiger partial charge in [0.2, 0.25) is 17.7 Å². The number of primary amides is 1. The van der Waals surface area contributed by atoms with Gasteiger partial charge in [-0.2, -0.15) is 4.68 Å². The molecule has 1 aliphatic rings. The maximum Gasteiger partial charge on any atom is 0.411 e. The number of H-pyrrole nitrogens is 1. The first-order chi connectivity index (χ1) is 22.1. The van der Waals surface area contributed by atoms with Gasteiger partial charge in [0, 0.05) is 27.9 Å². The van der Waals surface area contributed by atoms with Crippen LogP contribution < -0.4 is 21.7 Å². The Morgan fingerprint density at radius 3 is 2.74 bits per heavy atom. The molecular formula is C30H31ClN10O5. The number of methoxy groups -OCH3 is 1. The minimum absolute atomic E-state index is 0.301. The van der Waals surface area contributed by atoms with Crippen LogP contribution in [0.1, 0.15) is 43.6 Å². The molecule has 16 heteroatoms. The first kappa shape index (κ1) is 31.8.